The normalized spacial score (nSPS) is 19.1. The molecule has 4 heterocycles. The first kappa shape index (κ1) is 20.9. The first-order valence-corrected chi connectivity index (χ1v) is 11.8. The van der Waals surface area contributed by atoms with Crippen LogP contribution >= 0.6 is 0 Å². The molecule has 0 aliphatic carbocycles. The zero-order valence-corrected chi connectivity index (χ0v) is 19.1. The van der Waals surface area contributed by atoms with Crippen molar-refractivity contribution in [2.45, 2.75) is 31.8 Å². The number of benzene rings is 2. The summed E-state index contributed by atoms with van der Waals surface area (Å²) in [6.07, 6.45) is 3.92. The number of amides is 1. The van der Waals surface area contributed by atoms with Crippen molar-refractivity contribution in [1.82, 2.24) is 9.80 Å². The summed E-state index contributed by atoms with van der Waals surface area (Å²) in [4.78, 5) is 31.6. The van der Waals surface area contributed by atoms with Gasteiger partial charge < -0.3 is 13.7 Å². The summed E-state index contributed by atoms with van der Waals surface area (Å²) in [7, 11) is 0. The van der Waals surface area contributed by atoms with Gasteiger partial charge in [-0.05, 0) is 62.7 Å². The summed E-state index contributed by atoms with van der Waals surface area (Å²) in [5.41, 5.74) is 2.74. The Morgan fingerprint density at radius 2 is 1.74 bits per heavy atom. The van der Waals surface area contributed by atoms with Gasteiger partial charge in [0, 0.05) is 6.54 Å². The number of carbonyl (C=O) groups excluding carboxylic acids is 1. The maximum absolute atomic E-state index is 13.8. The number of fused-ring (bicyclic) bond motifs is 2. The standard InChI is InChI=1S/C28H26N2O4/c1-18-10-12-19(13-11-18)25-24-26(31)20-7-2-3-8-22(20)34-27(24)28(32)30(25)17-21(23-9-6-16-33-23)29-14-4-5-15-29/h2-3,6-13,16,21,25H,4-5,14-15,17H2,1H3/t21-,25+/m1/s1. The van der Waals surface area contributed by atoms with Gasteiger partial charge in [0.2, 0.25) is 5.76 Å². The molecule has 0 unspecified atom stereocenters. The molecule has 1 saturated heterocycles. The molecule has 4 aromatic rings. The Bertz CT molecular complexity index is 1400. The molecule has 6 rings (SSSR count). The summed E-state index contributed by atoms with van der Waals surface area (Å²) < 4.78 is 11.9. The highest BCUT2D eigenvalue weighted by atomic mass is 16.3. The molecule has 2 aromatic heterocycles. The van der Waals surface area contributed by atoms with Gasteiger partial charge in [-0.25, -0.2) is 0 Å². The molecule has 6 nitrogen and oxygen atoms in total. The minimum absolute atomic E-state index is 0.0896. The van der Waals surface area contributed by atoms with Crippen LogP contribution in [-0.4, -0.2) is 35.3 Å². The highest BCUT2D eigenvalue weighted by molar-refractivity contribution is 5.99. The molecule has 2 aliphatic heterocycles. The van der Waals surface area contributed by atoms with E-state index in [9.17, 15) is 9.59 Å². The fourth-order valence-electron chi connectivity index (χ4n) is 5.36. The quantitative estimate of drug-likeness (QED) is 0.421. The lowest BCUT2D eigenvalue weighted by Gasteiger charge is -2.33. The Morgan fingerprint density at radius 3 is 2.47 bits per heavy atom. The van der Waals surface area contributed by atoms with Gasteiger partial charge in [-0.1, -0.05) is 42.0 Å². The Labute approximate surface area is 197 Å². The van der Waals surface area contributed by atoms with Crippen molar-refractivity contribution in [2.24, 2.45) is 0 Å². The average Bonchev–Trinajstić information content (AvgIpc) is 3.61. The topological polar surface area (TPSA) is 66.9 Å². The molecular weight excluding hydrogens is 428 g/mol. The monoisotopic (exact) mass is 454 g/mol. The van der Waals surface area contributed by atoms with Crippen LogP contribution < -0.4 is 5.43 Å². The van der Waals surface area contributed by atoms with Crippen LogP contribution in [0.4, 0.5) is 0 Å². The number of aryl methyl sites for hydroxylation is 1. The van der Waals surface area contributed by atoms with Crippen LogP contribution in [0.2, 0.25) is 0 Å². The van der Waals surface area contributed by atoms with E-state index in [1.807, 2.05) is 55.5 Å². The molecule has 172 valence electrons. The summed E-state index contributed by atoms with van der Waals surface area (Å²) in [5.74, 6) is 0.728. The summed E-state index contributed by atoms with van der Waals surface area (Å²) in [6, 6.07) is 18.4. The number of carbonyl (C=O) groups is 1. The predicted octanol–water partition coefficient (Wildman–Crippen LogP) is 5.08. The molecule has 0 saturated carbocycles. The fourth-order valence-corrected chi connectivity index (χ4v) is 5.36. The van der Waals surface area contributed by atoms with Gasteiger partial charge in [0.15, 0.2) is 5.43 Å². The van der Waals surface area contributed by atoms with Crippen molar-refractivity contribution in [3.8, 4) is 0 Å². The van der Waals surface area contributed by atoms with Crippen molar-refractivity contribution < 1.29 is 13.6 Å². The van der Waals surface area contributed by atoms with Gasteiger partial charge in [-0.2, -0.15) is 0 Å². The van der Waals surface area contributed by atoms with E-state index in [-0.39, 0.29) is 23.1 Å². The van der Waals surface area contributed by atoms with Crippen molar-refractivity contribution in [3.63, 3.8) is 0 Å². The Hall–Kier alpha value is -3.64. The average molecular weight is 455 g/mol. The Balaban J connectivity index is 1.50. The lowest BCUT2D eigenvalue weighted by atomic mass is 9.97. The van der Waals surface area contributed by atoms with E-state index >= 15 is 0 Å². The second-order valence-electron chi connectivity index (χ2n) is 9.22. The first-order valence-electron chi connectivity index (χ1n) is 11.8. The second kappa shape index (κ2) is 8.29. The van der Waals surface area contributed by atoms with Crippen LogP contribution in [0.25, 0.3) is 11.0 Å². The van der Waals surface area contributed by atoms with Crippen LogP contribution in [-0.2, 0) is 0 Å². The van der Waals surface area contributed by atoms with E-state index in [1.165, 1.54) is 0 Å². The van der Waals surface area contributed by atoms with Crippen LogP contribution in [0, 0.1) is 6.92 Å². The van der Waals surface area contributed by atoms with Crippen LogP contribution in [0.1, 0.15) is 57.9 Å². The van der Waals surface area contributed by atoms with E-state index < -0.39 is 6.04 Å². The van der Waals surface area contributed by atoms with Crippen molar-refractivity contribution in [3.05, 3.63) is 105 Å². The lowest BCUT2D eigenvalue weighted by molar-refractivity contribution is 0.0644. The van der Waals surface area contributed by atoms with Gasteiger partial charge in [-0.15, -0.1) is 0 Å². The smallest absolute Gasteiger partial charge is 0.290 e. The lowest BCUT2D eigenvalue weighted by Crippen LogP contribution is -2.39. The molecule has 34 heavy (non-hydrogen) atoms. The first-order chi connectivity index (χ1) is 16.6. The number of rotatable bonds is 5. The highest BCUT2D eigenvalue weighted by Gasteiger charge is 2.44. The fraction of sp³-hybridized carbons (Fsp3) is 0.286. The van der Waals surface area contributed by atoms with E-state index in [1.54, 1.807) is 23.3 Å². The van der Waals surface area contributed by atoms with Crippen molar-refractivity contribution in [1.29, 1.82) is 0 Å². The van der Waals surface area contributed by atoms with Crippen LogP contribution in [0.15, 0.2) is 80.6 Å². The molecule has 0 bridgehead atoms. The van der Waals surface area contributed by atoms with Crippen LogP contribution in [0.3, 0.4) is 0 Å². The molecule has 1 fully saturated rings. The minimum atomic E-state index is -0.510. The molecule has 2 aromatic carbocycles. The third-order valence-electron chi connectivity index (χ3n) is 7.09. The Kier molecular flexibility index (Phi) is 5.11. The zero-order chi connectivity index (χ0) is 23.2. The molecule has 1 amide bonds. The molecule has 0 radical (unpaired) electrons. The molecular formula is C28H26N2O4. The number of nitrogens with zero attached hydrogens (tertiary/aromatic N) is 2. The van der Waals surface area contributed by atoms with Crippen molar-refractivity contribution in [2.75, 3.05) is 19.6 Å². The van der Waals surface area contributed by atoms with E-state index in [2.05, 4.69) is 4.90 Å². The maximum Gasteiger partial charge on any atom is 0.290 e. The highest BCUT2D eigenvalue weighted by Crippen LogP contribution is 2.40. The number of para-hydroxylation sites is 1. The number of hydrogen-bond acceptors (Lipinski definition) is 5. The SMILES string of the molecule is Cc1ccc([C@H]2c3c(oc4ccccc4c3=O)C(=O)N2C[C@H](c2ccco2)N2CCCC2)cc1. The zero-order valence-electron chi connectivity index (χ0n) is 19.1. The van der Waals surface area contributed by atoms with E-state index in [0.717, 1.165) is 42.8 Å². The third kappa shape index (κ3) is 3.37. The third-order valence-corrected chi connectivity index (χ3v) is 7.09. The van der Waals surface area contributed by atoms with Gasteiger partial charge >= 0.3 is 0 Å². The van der Waals surface area contributed by atoms with Crippen molar-refractivity contribution >= 4 is 16.9 Å². The molecule has 0 N–H and O–H groups in total. The number of furan rings is 1. The van der Waals surface area contributed by atoms with Gasteiger partial charge in [0.1, 0.15) is 11.3 Å². The maximum atomic E-state index is 13.8. The molecule has 6 heteroatoms. The van der Waals surface area contributed by atoms with Gasteiger partial charge in [0.25, 0.3) is 5.91 Å². The summed E-state index contributed by atoms with van der Waals surface area (Å²) in [6.45, 7) is 4.34. The molecule has 2 aliphatic rings. The largest absolute Gasteiger partial charge is 0.468 e. The summed E-state index contributed by atoms with van der Waals surface area (Å²) >= 11 is 0. The second-order valence-corrected chi connectivity index (χ2v) is 9.22. The van der Waals surface area contributed by atoms with Crippen LogP contribution in [0.5, 0.6) is 0 Å². The van der Waals surface area contributed by atoms with Gasteiger partial charge in [-0.3, -0.25) is 14.5 Å². The molecule has 2 atom stereocenters. The minimum Gasteiger partial charge on any atom is -0.468 e. The number of likely N-dealkylation sites (tertiary alicyclic amines) is 1. The van der Waals surface area contributed by atoms with E-state index in [4.69, 9.17) is 8.83 Å². The number of hydrogen-bond donors (Lipinski definition) is 0. The van der Waals surface area contributed by atoms with E-state index in [0.29, 0.717) is 23.1 Å². The van der Waals surface area contributed by atoms with Gasteiger partial charge in [0.05, 0.1) is 29.3 Å². The Morgan fingerprint density at radius 1 is 0.971 bits per heavy atom. The summed E-state index contributed by atoms with van der Waals surface area (Å²) in [5, 5.41) is 0.495. The molecule has 0 spiro atoms. The predicted molar refractivity (Wildman–Crippen MR) is 129 cm³/mol.